The molecule has 1 fully saturated rings. The van der Waals surface area contributed by atoms with E-state index in [1.54, 1.807) is 6.20 Å². The van der Waals surface area contributed by atoms with E-state index in [4.69, 9.17) is 9.84 Å². The average molecular weight is 258 g/mol. The van der Waals surface area contributed by atoms with Crippen molar-refractivity contribution in [2.45, 2.75) is 18.9 Å². The summed E-state index contributed by atoms with van der Waals surface area (Å²) < 4.78 is 6.54. The molecule has 0 radical (unpaired) electrons. The average Bonchev–Trinajstić information content (AvgIpc) is 2.13. The zero-order valence-corrected chi connectivity index (χ0v) is 9.27. The van der Waals surface area contributed by atoms with Gasteiger partial charge in [0, 0.05) is 23.3 Å². The summed E-state index contributed by atoms with van der Waals surface area (Å²) in [4.78, 5) is 4.12. The van der Waals surface area contributed by atoms with Gasteiger partial charge < -0.3 is 9.84 Å². The first-order chi connectivity index (χ1) is 6.78. The lowest BCUT2D eigenvalue weighted by atomic mass is 9.83. The van der Waals surface area contributed by atoms with Crippen molar-refractivity contribution in [3.8, 4) is 5.88 Å². The molecule has 0 saturated heterocycles. The maximum absolute atomic E-state index is 8.83. The van der Waals surface area contributed by atoms with Crippen LogP contribution in [-0.2, 0) is 0 Å². The maximum atomic E-state index is 8.83. The molecule has 1 saturated carbocycles. The molecule has 2 rings (SSSR count). The standard InChI is InChI=1S/C10H12BrNO2/c11-8-1-2-10(12-5-8)14-9-3-7(4-9)6-13/h1-2,5,7,9,13H,3-4,6H2. The Morgan fingerprint density at radius 1 is 1.50 bits per heavy atom. The van der Waals surface area contributed by atoms with Crippen LogP contribution >= 0.6 is 15.9 Å². The van der Waals surface area contributed by atoms with E-state index in [1.165, 1.54) is 0 Å². The van der Waals surface area contributed by atoms with E-state index in [0.29, 0.717) is 11.8 Å². The van der Waals surface area contributed by atoms with E-state index in [-0.39, 0.29) is 12.7 Å². The molecule has 1 aromatic rings. The van der Waals surface area contributed by atoms with E-state index < -0.39 is 0 Å². The summed E-state index contributed by atoms with van der Waals surface area (Å²) in [5, 5.41) is 8.83. The SMILES string of the molecule is OCC1CC(Oc2ccc(Br)cn2)C1. The number of halogens is 1. The van der Waals surface area contributed by atoms with E-state index in [1.807, 2.05) is 12.1 Å². The summed E-state index contributed by atoms with van der Waals surface area (Å²) in [5.74, 6) is 1.09. The molecule has 0 unspecified atom stereocenters. The van der Waals surface area contributed by atoms with Crippen molar-refractivity contribution in [3.63, 3.8) is 0 Å². The van der Waals surface area contributed by atoms with E-state index in [9.17, 15) is 0 Å². The highest BCUT2D eigenvalue weighted by molar-refractivity contribution is 9.10. The highest BCUT2D eigenvalue weighted by Crippen LogP contribution is 2.30. The summed E-state index contributed by atoms with van der Waals surface area (Å²) in [7, 11) is 0. The molecule has 1 aliphatic rings. The lowest BCUT2D eigenvalue weighted by Crippen LogP contribution is -2.35. The van der Waals surface area contributed by atoms with Gasteiger partial charge in [0.2, 0.25) is 5.88 Å². The minimum absolute atomic E-state index is 0.237. The number of pyridine rings is 1. The predicted molar refractivity (Wildman–Crippen MR) is 56.2 cm³/mol. The third-order valence-electron chi connectivity index (χ3n) is 2.44. The number of nitrogens with zero attached hydrogens (tertiary/aromatic N) is 1. The van der Waals surface area contributed by atoms with Crippen LogP contribution in [0.1, 0.15) is 12.8 Å². The van der Waals surface area contributed by atoms with Gasteiger partial charge in [-0.1, -0.05) is 0 Å². The molecule has 14 heavy (non-hydrogen) atoms. The van der Waals surface area contributed by atoms with Crippen LogP contribution in [0, 0.1) is 5.92 Å². The largest absolute Gasteiger partial charge is 0.474 e. The molecule has 0 bridgehead atoms. The lowest BCUT2D eigenvalue weighted by molar-refractivity contribution is 0.0296. The number of hydrogen-bond acceptors (Lipinski definition) is 3. The Kier molecular flexibility index (Phi) is 3.03. The van der Waals surface area contributed by atoms with Crippen molar-refractivity contribution in [3.05, 3.63) is 22.8 Å². The minimum atomic E-state index is 0.237. The number of aromatic nitrogens is 1. The summed E-state index contributed by atoms with van der Waals surface area (Å²) in [6.07, 6.45) is 3.83. The topological polar surface area (TPSA) is 42.4 Å². The zero-order valence-electron chi connectivity index (χ0n) is 7.69. The van der Waals surface area contributed by atoms with Gasteiger partial charge in [-0.15, -0.1) is 0 Å². The van der Waals surface area contributed by atoms with Gasteiger partial charge in [0.25, 0.3) is 0 Å². The molecule has 0 atom stereocenters. The fourth-order valence-electron chi connectivity index (χ4n) is 1.52. The molecule has 76 valence electrons. The fourth-order valence-corrected chi connectivity index (χ4v) is 1.76. The van der Waals surface area contributed by atoms with Crippen molar-refractivity contribution in [1.82, 2.24) is 4.98 Å². The molecule has 0 aromatic carbocycles. The molecule has 0 aliphatic heterocycles. The number of rotatable bonds is 3. The first kappa shape index (κ1) is 9.93. The van der Waals surface area contributed by atoms with E-state index in [0.717, 1.165) is 17.3 Å². The van der Waals surface area contributed by atoms with Crippen LogP contribution in [0.2, 0.25) is 0 Å². The first-order valence-corrected chi connectivity index (χ1v) is 5.46. The Hall–Kier alpha value is -0.610. The molecule has 0 spiro atoms. The van der Waals surface area contributed by atoms with E-state index in [2.05, 4.69) is 20.9 Å². The Bertz CT molecular complexity index is 295. The Morgan fingerprint density at radius 3 is 2.86 bits per heavy atom. The van der Waals surface area contributed by atoms with Crippen LogP contribution in [-0.4, -0.2) is 22.8 Å². The van der Waals surface area contributed by atoms with Gasteiger partial charge >= 0.3 is 0 Å². The molecule has 1 aromatic heterocycles. The smallest absolute Gasteiger partial charge is 0.213 e. The quantitative estimate of drug-likeness (QED) is 0.901. The van der Waals surface area contributed by atoms with Crippen molar-refractivity contribution < 1.29 is 9.84 Å². The molecule has 1 aliphatic carbocycles. The third-order valence-corrected chi connectivity index (χ3v) is 2.91. The Balaban J connectivity index is 1.84. The monoisotopic (exact) mass is 257 g/mol. The summed E-state index contributed by atoms with van der Waals surface area (Å²) >= 11 is 3.31. The Labute approximate surface area is 91.2 Å². The second kappa shape index (κ2) is 4.28. The van der Waals surface area contributed by atoms with Gasteiger partial charge in [-0.25, -0.2) is 4.98 Å². The normalized spacial score (nSPS) is 25.6. The number of aliphatic hydroxyl groups is 1. The van der Waals surface area contributed by atoms with Crippen molar-refractivity contribution >= 4 is 15.9 Å². The van der Waals surface area contributed by atoms with Gasteiger partial charge in [-0.3, -0.25) is 0 Å². The lowest BCUT2D eigenvalue weighted by Gasteiger charge is -2.33. The maximum Gasteiger partial charge on any atom is 0.213 e. The molecule has 1 heterocycles. The number of aliphatic hydroxyl groups excluding tert-OH is 1. The van der Waals surface area contributed by atoms with Crippen LogP contribution in [0.15, 0.2) is 22.8 Å². The van der Waals surface area contributed by atoms with Crippen molar-refractivity contribution in [1.29, 1.82) is 0 Å². The number of hydrogen-bond donors (Lipinski definition) is 1. The summed E-state index contributed by atoms with van der Waals surface area (Å²) in [6, 6.07) is 3.75. The van der Waals surface area contributed by atoms with Crippen molar-refractivity contribution in [2.75, 3.05) is 6.61 Å². The van der Waals surface area contributed by atoms with E-state index >= 15 is 0 Å². The second-order valence-corrected chi connectivity index (χ2v) is 4.49. The van der Waals surface area contributed by atoms with Gasteiger partial charge in [0.05, 0.1) is 0 Å². The first-order valence-electron chi connectivity index (χ1n) is 4.67. The zero-order chi connectivity index (χ0) is 9.97. The highest BCUT2D eigenvalue weighted by Gasteiger charge is 2.30. The molecule has 1 N–H and O–H groups in total. The predicted octanol–water partition coefficient (Wildman–Crippen LogP) is 1.99. The van der Waals surface area contributed by atoms with Crippen LogP contribution in [0.25, 0.3) is 0 Å². The molecule has 3 nitrogen and oxygen atoms in total. The Morgan fingerprint density at radius 2 is 2.29 bits per heavy atom. The van der Waals surface area contributed by atoms with Gasteiger partial charge in [-0.2, -0.15) is 0 Å². The van der Waals surface area contributed by atoms with Crippen LogP contribution < -0.4 is 4.74 Å². The minimum Gasteiger partial charge on any atom is -0.474 e. The second-order valence-electron chi connectivity index (χ2n) is 3.57. The van der Waals surface area contributed by atoms with Crippen LogP contribution in [0.3, 0.4) is 0 Å². The molecule has 0 amide bonds. The van der Waals surface area contributed by atoms with Crippen molar-refractivity contribution in [2.24, 2.45) is 5.92 Å². The highest BCUT2D eigenvalue weighted by atomic mass is 79.9. The van der Waals surface area contributed by atoms with Gasteiger partial charge in [0.15, 0.2) is 0 Å². The number of ether oxygens (including phenoxy) is 1. The van der Waals surface area contributed by atoms with Gasteiger partial charge in [-0.05, 0) is 40.8 Å². The van der Waals surface area contributed by atoms with Crippen LogP contribution in [0.5, 0.6) is 5.88 Å². The van der Waals surface area contributed by atoms with Crippen LogP contribution in [0.4, 0.5) is 0 Å². The fraction of sp³-hybridized carbons (Fsp3) is 0.500. The molecular formula is C10H12BrNO2. The summed E-state index contributed by atoms with van der Waals surface area (Å²) in [6.45, 7) is 0.271. The molecule has 4 heteroatoms. The third kappa shape index (κ3) is 2.25. The van der Waals surface area contributed by atoms with Gasteiger partial charge in [0.1, 0.15) is 6.10 Å². The molecular weight excluding hydrogens is 246 g/mol. The summed E-state index contributed by atoms with van der Waals surface area (Å²) in [5.41, 5.74) is 0.